The third-order valence-corrected chi connectivity index (χ3v) is 5.88. The number of pyridine rings is 1. The number of hydrogen-bond donors (Lipinski definition) is 0. The first-order valence-electron chi connectivity index (χ1n) is 10.0. The van der Waals surface area contributed by atoms with Gasteiger partial charge in [-0.1, -0.05) is 41.9 Å². The minimum Gasteiger partial charge on any atom is -0.481 e. The first kappa shape index (κ1) is 20.5. The van der Waals surface area contributed by atoms with Crippen LogP contribution in [0.25, 0.3) is 0 Å². The lowest BCUT2D eigenvalue weighted by Gasteiger charge is -2.38. The van der Waals surface area contributed by atoms with E-state index >= 15 is 0 Å². The average Bonchev–Trinajstić information content (AvgIpc) is 3.13. The molecule has 1 atom stereocenters. The maximum atomic E-state index is 12.9. The van der Waals surface area contributed by atoms with Gasteiger partial charge in [-0.3, -0.25) is 9.69 Å². The summed E-state index contributed by atoms with van der Waals surface area (Å²) in [5, 5.41) is 0.219. The highest BCUT2D eigenvalue weighted by Crippen LogP contribution is 2.27. The average molecular weight is 430 g/mol. The van der Waals surface area contributed by atoms with Gasteiger partial charge in [-0.15, -0.1) is 0 Å². The molecule has 2 saturated heterocycles. The molecular formula is C22H24ClN3O4. The summed E-state index contributed by atoms with van der Waals surface area (Å²) in [7, 11) is 1.49. The zero-order chi connectivity index (χ0) is 21.1. The largest absolute Gasteiger partial charge is 0.481 e. The fourth-order valence-electron chi connectivity index (χ4n) is 4.19. The van der Waals surface area contributed by atoms with E-state index in [-0.39, 0.29) is 29.2 Å². The first-order valence-corrected chi connectivity index (χ1v) is 10.4. The van der Waals surface area contributed by atoms with E-state index in [2.05, 4.69) is 17.1 Å². The van der Waals surface area contributed by atoms with E-state index in [9.17, 15) is 9.59 Å². The SMILES string of the molecule is COc1cc(C(=O)N2CCC(N3C(=O)OCC3Cc3ccccc3)CC2)cc(Cl)n1. The molecular weight excluding hydrogens is 406 g/mol. The number of benzene rings is 1. The van der Waals surface area contributed by atoms with Crippen LogP contribution < -0.4 is 4.74 Å². The summed E-state index contributed by atoms with van der Waals surface area (Å²) in [4.78, 5) is 33.0. The first-order chi connectivity index (χ1) is 14.5. The zero-order valence-corrected chi connectivity index (χ0v) is 17.5. The molecule has 4 rings (SSSR count). The molecule has 2 fully saturated rings. The van der Waals surface area contributed by atoms with E-state index in [1.807, 2.05) is 23.1 Å². The molecule has 3 heterocycles. The van der Waals surface area contributed by atoms with Crippen molar-refractivity contribution in [2.75, 3.05) is 26.8 Å². The molecule has 0 N–H and O–H groups in total. The number of nitrogens with zero attached hydrogens (tertiary/aromatic N) is 3. The summed E-state index contributed by atoms with van der Waals surface area (Å²) < 4.78 is 10.5. The van der Waals surface area contributed by atoms with Gasteiger partial charge in [-0.2, -0.15) is 0 Å². The van der Waals surface area contributed by atoms with Crippen LogP contribution in [-0.4, -0.2) is 65.7 Å². The predicted molar refractivity (Wildman–Crippen MR) is 112 cm³/mol. The van der Waals surface area contributed by atoms with Crippen molar-refractivity contribution in [3.8, 4) is 5.88 Å². The Balaban J connectivity index is 1.40. The van der Waals surface area contributed by atoms with Crippen LogP contribution in [0.1, 0.15) is 28.8 Å². The Morgan fingerprint density at radius 3 is 2.67 bits per heavy atom. The minimum absolute atomic E-state index is 0.0235. The molecule has 7 nitrogen and oxygen atoms in total. The standard InChI is InChI=1S/C22H24ClN3O4/c1-29-20-13-16(12-19(23)24-20)21(27)25-9-7-17(8-10-25)26-18(14-30-22(26)28)11-15-5-3-2-4-6-15/h2-6,12-13,17-18H,7-11,14H2,1H3. The number of piperidine rings is 1. The van der Waals surface area contributed by atoms with Crippen molar-refractivity contribution in [3.63, 3.8) is 0 Å². The van der Waals surface area contributed by atoms with Gasteiger partial charge in [-0.05, 0) is 30.9 Å². The van der Waals surface area contributed by atoms with Crippen LogP contribution in [0.5, 0.6) is 5.88 Å². The van der Waals surface area contributed by atoms with E-state index in [1.54, 1.807) is 17.0 Å². The third-order valence-electron chi connectivity index (χ3n) is 5.69. The number of likely N-dealkylation sites (tertiary alicyclic amines) is 1. The highest BCUT2D eigenvalue weighted by atomic mass is 35.5. The summed E-state index contributed by atoms with van der Waals surface area (Å²) in [5.74, 6) is 0.199. The minimum atomic E-state index is -0.258. The van der Waals surface area contributed by atoms with Gasteiger partial charge in [-0.25, -0.2) is 9.78 Å². The van der Waals surface area contributed by atoms with Crippen LogP contribution in [0.2, 0.25) is 5.15 Å². The predicted octanol–water partition coefficient (Wildman–Crippen LogP) is 3.41. The molecule has 2 aromatic rings. The van der Waals surface area contributed by atoms with Crippen molar-refractivity contribution in [2.24, 2.45) is 0 Å². The Morgan fingerprint density at radius 1 is 1.23 bits per heavy atom. The van der Waals surface area contributed by atoms with Crippen molar-refractivity contribution in [2.45, 2.75) is 31.3 Å². The zero-order valence-electron chi connectivity index (χ0n) is 16.8. The number of carbonyl (C=O) groups is 2. The molecule has 0 aliphatic carbocycles. The molecule has 0 spiro atoms. The molecule has 1 unspecified atom stereocenters. The maximum absolute atomic E-state index is 12.9. The topological polar surface area (TPSA) is 72.0 Å². The smallest absolute Gasteiger partial charge is 0.410 e. The molecule has 2 aliphatic rings. The number of amides is 2. The van der Waals surface area contributed by atoms with E-state index in [0.717, 1.165) is 6.42 Å². The van der Waals surface area contributed by atoms with Crippen LogP contribution in [0.4, 0.5) is 4.79 Å². The second-order valence-electron chi connectivity index (χ2n) is 7.57. The Hall–Kier alpha value is -2.80. The van der Waals surface area contributed by atoms with Crippen molar-refractivity contribution in [3.05, 3.63) is 58.7 Å². The third kappa shape index (κ3) is 4.36. The second kappa shape index (κ2) is 8.92. The van der Waals surface area contributed by atoms with Gasteiger partial charge >= 0.3 is 6.09 Å². The quantitative estimate of drug-likeness (QED) is 0.681. The monoisotopic (exact) mass is 429 g/mol. The Bertz CT molecular complexity index is 916. The van der Waals surface area contributed by atoms with E-state index in [0.29, 0.717) is 44.0 Å². The number of rotatable bonds is 5. The van der Waals surface area contributed by atoms with Crippen molar-refractivity contribution in [1.29, 1.82) is 0 Å². The molecule has 8 heteroatoms. The van der Waals surface area contributed by atoms with E-state index < -0.39 is 0 Å². The van der Waals surface area contributed by atoms with Gasteiger partial charge in [0.15, 0.2) is 0 Å². The number of halogens is 1. The number of hydrogen-bond acceptors (Lipinski definition) is 5. The number of ether oxygens (including phenoxy) is 2. The van der Waals surface area contributed by atoms with Crippen molar-refractivity contribution >= 4 is 23.6 Å². The van der Waals surface area contributed by atoms with Crippen LogP contribution in [0, 0.1) is 0 Å². The lowest BCUT2D eigenvalue weighted by molar-refractivity contribution is 0.0636. The van der Waals surface area contributed by atoms with Crippen LogP contribution in [0.3, 0.4) is 0 Å². The van der Waals surface area contributed by atoms with Gasteiger partial charge in [0.05, 0.1) is 13.2 Å². The van der Waals surface area contributed by atoms with Gasteiger partial charge in [0, 0.05) is 30.8 Å². The number of aromatic nitrogens is 1. The van der Waals surface area contributed by atoms with Crippen LogP contribution in [-0.2, 0) is 11.2 Å². The number of methoxy groups -OCH3 is 1. The van der Waals surface area contributed by atoms with Gasteiger partial charge < -0.3 is 14.4 Å². The molecule has 0 saturated carbocycles. The summed E-state index contributed by atoms with van der Waals surface area (Å²) in [6, 6.07) is 13.3. The van der Waals surface area contributed by atoms with Crippen molar-refractivity contribution < 1.29 is 19.1 Å². The fraction of sp³-hybridized carbons (Fsp3) is 0.409. The van der Waals surface area contributed by atoms with E-state index in [1.165, 1.54) is 12.7 Å². The molecule has 158 valence electrons. The normalized spacial score (nSPS) is 19.7. The summed E-state index contributed by atoms with van der Waals surface area (Å²) in [6.45, 7) is 1.53. The number of carbonyl (C=O) groups excluding carboxylic acids is 2. The molecule has 1 aromatic carbocycles. The fourth-order valence-corrected chi connectivity index (χ4v) is 4.39. The van der Waals surface area contributed by atoms with Gasteiger partial charge in [0.2, 0.25) is 5.88 Å². The molecule has 0 bridgehead atoms. The maximum Gasteiger partial charge on any atom is 0.410 e. The van der Waals surface area contributed by atoms with E-state index in [4.69, 9.17) is 21.1 Å². The molecule has 1 aromatic heterocycles. The lowest BCUT2D eigenvalue weighted by Crippen LogP contribution is -2.50. The highest BCUT2D eigenvalue weighted by Gasteiger charge is 2.39. The Labute approximate surface area is 180 Å². The summed E-state index contributed by atoms with van der Waals surface area (Å²) in [6.07, 6.45) is 1.93. The molecule has 0 radical (unpaired) electrons. The molecule has 2 aliphatic heterocycles. The van der Waals surface area contributed by atoms with Crippen LogP contribution >= 0.6 is 11.6 Å². The highest BCUT2D eigenvalue weighted by molar-refractivity contribution is 6.29. The Morgan fingerprint density at radius 2 is 1.97 bits per heavy atom. The summed E-state index contributed by atoms with van der Waals surface area (Å²) in [5.41, 5.74) is 1.63. The lowest BCUT2D eigenvalue weighted by atomic mass is 9.99. The van der Waals surface area contributed by atoms with Gasteiger partial charge in [0.1, 0.15) is 11.8 Å². The second-order valence-corrected chi connectivity index (χ2v) is 7.96. The molecule has 30 heavy (non-hydrogen) atoms. The van der Waals surface area contributed by atoms with Crippen molar-refractivity contribution in [1.82, 2.24) is 14.8 Å². The van der Waals surface area contributed by atoms with Crippen LogP contribution in [0.15, 0.2) is 42.5 Å². The molecule has 2 amide bonds. The van der Waals surface area contributed by atoms with Gasteiger partial charge in [0.25, 0.3) is 5.91 Å². The Kier molecular flexibility index (Phi) is 6.08. The number of cyclic esters (lactones) is 1. The summed E-state index contributed by atoms with van der Waals surface area (Å²) >= 11 is 6.00.